The minimum absolute atomic E-state index is 0.202. The Balaban J connectivity index is 1.88. The molecule has 4 aromatic rings. The maximum Gasteiger partial charge on any atom is 0.137 e. The minimum atomic E-state index is -0.260. The van der Waals surface area contributed by atoms with Crippen molar-refractivity contribution in [3.8, 4) is 5.75 Å². The summed E-state index contributed by atoms with van der Waals surface area (Å²) in [5.41, 5.74) is 1.68. The molecule has 1 atom stereocenters. The van der Waals surface area contributed by atoms with Gasteiger partial charge in [0.05, 0.1) is 0 Å². The molecule has 0 aliphatic heterocycles. The summed E-state index contributed by atoms with van der Waals surface area (Å²) in [6.45, 7) is 0. The number of halogens is 1. The molecule has 5 nitrogen and oxygen atoms in total. The molecule has 0 fully saturated rings. The lowest BCUT2D eigenvalue weighted by atomic mass is 10.0. The third kappa shape index (κ3) is 2.55. The fraction of sp³-hybridized carbons (Fsp3) is 0.0588. The number of phenols is 1. The average Bonchev–Trinajstić information content (AvgIpc) is 3.19. The minimum Gasteiger partial charge on any atom is -0.508 e. The first-order valence-corrected chi connectivity index (χ1v) is 7.40. The Labute approximate surface area is 136 Å². The first-order valence-electron chi connectivity index (χ1n) is 7.03. The van der Waals surface area contributed by atoms with Gasteiger partial charge in [-0.2, -0.15) is 5.10 Å². The zero-order valence-corrected chi connectivity index (χ0v) is 12.7. The zero-order chi connectivity index (χ0) is 15.8. The predicted octanol–water partition coefficient (Wildman–Crippen LogP) is 4.02. The monoisotopic (exact) mass is 325 g/mol. The van der Waals surface area contributed by atoms with Crippen LogP contribution in [0.1, 0.15) is 17.4 Å². The average molecular weight is 326 g/mol. The van der Waals surface area contributed by atoms with E-state index in [0.717, 1.165) is 10.9 Å². The molecule has 114 valence electrons. The van der Waals surface area contributed by atoms with Crippen molar-refractivity contribution >= 4 is 22.6 Å². The van der Waals surface area contributed by atoms with Gasteiger partial charge >= 0.3 is 0 Å². The molecule has 1 N–H and O–H groups in total. The first kappa shape index (κ1) is 13.8. The summed E-state index contributed by atoms with van der Waals surface area (Å²) in [5, 5.41) is 15.4. The van der Waals surface area contributed by atoms with Gasteiger partial charge < -0.3 is 9.52 Å². The Hall–Kier alpha value is -2.79. The van der Waals surface area contributed by atoms with Crippen molar-refractivity contribution in [3.63, 3.8) is 0 Å². The van der Waals surface area contributed by atoms with Gasteiger partial charge in [0, 0.05) is 10.4 Å². The van der Waals surface area contributed by atoms with Crippen LogP contribution in [-0.2, 0) is 0 Å². The Morgan fingerprint density at radius 3 is 2.65 bits per heavy atom. The van der Waals surface area contributed by atoms with Gasteiger partial charge in [0.25, 0.3) is 0 Å². The van der Waals surface area contributed by atoms with Gasteiger partial charge in [-0.05, 0) is 42.0 Å². The summed E-state index contributed by atoms with van der Waals surface area (Å²) in [7, 11) is 0. The van der Waals surface area contributed by atoms with Gasteiger partial charge in [-0.15, -0.1) is 0 Å². The number of benzene rings is 2. The van der Waals surface area contributed by atoms with E-state index >= 15 is 0 Å². The molecule has 0 saturated carbocycles. The van der Waals surface area contributed by atoms with Gasteiger partial charge in [-0.1, -0.05) is 23.7 Å². The molecule has 23 heavy (non-hydrogen) atoms. The highest BCUT2D eigenvalue weighted by Crippen LogP contribution is 2.32. The molecule has 2 heterocycles. The third-order valence-electron chi connectivity index (χ3n) is 3.68. The van der Waals surface area contributed by atoms with E-state index in [9.17, 15) is 5.11 Å². The number of aromatic nitrogens is 3. The molecule has 6 heteroatoms. The number of furan rings is 1. The number of fused-ring (bicyclic) bond motifs is 1. The summed E-state index contributed by atoms with van der Waals surface area (Å²) in [6, 6.07) is 14.2. The number of phenolic OH excluding ortho intramolecular Hbond substituents is 1. The van der Waals surface area contributed by atoms with Gasteiger partial charge in [-0.25, -0.2) is 9.67 Å². The lowest BCUT2D eigenvalue weighted by molar-refractivity contribution is 0.461. The third-order valence-corrected chi connectivity index (χ3v) is 3.93. The SMILES string of the molecule is Oc1ccc2oc(C(c3ccc(Cl)cc3)n3cncn3)cc2c1. The Kier molecular flexibility index (Phi) is 3.28. The van der Waals surface area contributed by atoms with E-state index in [1.165, 1.54) is 6.33 Å². The standard InChI is InChI=1S/C17H12ClN3O2/c18-13-3-1-11(2-4-13)17(21-10-19-9-20-21)16-8-12-7-14(22)5-6-15(12)23-16/h1-10,17,22H. The number of hydrogen-bond acceptors (Lipinski definition) is 4. The summed E-state index contributed by atoms with van der Waals surface area (Å²) < 4.78 is 7.68. The lowest BCUT2D eigenvalue weighted by Crippen LogP contribution is -2.12. The van der Waals surface area contributed by atoms with Crippen molar-refractivity contribution in [3.05, 3.63) is 77.5 Å². The number of hydrogen-bond donors (Lipinski definition) is 1. The maximum absolute atomic E-state index is 9.63. The molecule has 0 spiro atoms. The molecule has 0 aliphatic rings. The van der Waals surface area contributed by atoms with Crippen LogP contribution < -0.4 is 0 Å². The van der Waals surface area contributed by atoms with Crippen LogP contribution in [0.2, 0.25) is 5.02 Å². The second kappa shape index (κ2) is 5.44. The van der Waals surface area contributed by atoms with Crippen molar-refractivity contribution in [2.45, 2.75) is 6.04 Å². The summed E-state index contributed by atoms with van der Waals surface area (Å²) in [5.74, 6) is 0.909. The van der Waals surface area contributed by atoms with Crippen LogP contribution >= 0.6 is 11.6 Å². The lowest BCUT2D eigenvalue weighted by Gasteiger charge is -2.15. The van der Waals surface area contributed by atoms with Crippen molar-refractivity contribution in [2.75, 3.05) is 0 Å². The summed E-state index contributed by atoms with van der Waals surface area (Å²) in [4.78, 5) is 4.02. The van der Waals surface area contributed by atoms with Crippen LogP contribution in [0.4, 0.5) is 0 Å². The highest BCUT2D eigenvalue weighted by atomic mass is 35.5. The van der Waals surface area contributed by atoms with Gasteiger partial charge in [-0.3, -0.25) is 0 Å². The molecule has 2 aromatic heterocycles. The zero-order valence-electron chi connectivity index (χ0n) is 11.9. The normalized spacial score (nSPS) is 12.6. The van der Waals surface area contributed by atoms with Crippen LogP contribution in [0.3, 0.4) is 0 Å². The van der Waals surface area contributed by atoms with Crippen LogP contribution in [0.25, 0.3) is 11.0 Å². The number of aromatic hydroxyl groups is 1. The molecular weight excluding hydrogens is 314 g/mol. The summed E-state index contributed by atoms with van der Waals surface area (Å²) in [6.07, 6.45) is 3.13. The van der Waals surface area contributed by atoms with Gasteiger partial charge in [0.2, 0.25) is 0 Å². The van der Waals surface area contributed by atoms with Crippen LogP contribution in [-0.4, -0.2) is 19.9 Å². The molecule has 1 unspecified atom stereocenters. The molecular formula is C17H12ClN3O2. The second-order valence-corrected chi connectivity index (χ2v) is 5.64. The van der Waals surface area contributed by atoms with Crippen molar-refractivity contribution in [2.24, 2.45) is 0 Å². The van der Waals surface area contributed by atoms with E-state index in [4.69, 9.17) is 16.0 Å². The second-order valence-electron chi connectivity index (χ2n) is 5.20. The van der Waals surface area contributed by atoms with E-state index in [1.54, 1.807) is 29.2 Å². The molecule has 0 aliphatic carbocycles. The maximum atomic E-state index is 9.63. The number of nitrogens with zero attached hydrogens (tertiary/aromatic N) is 3. The Bertz CT molecular complexity index is 946. The number of rotatable bonds is 3. The van der Waals surface area contributed by atoms with Gasteiger partial charge in [0.15, 0.2) is 0 Å². The van der Waals surface area contributed by atoms with Crippen LogP contribution in [0, 0.1) is 0 Å². The molecule has 0 amide bonds. The van der Waals surface area contributed by atoms with E-state index in [-0.39, 0.29) is 11.8 Å². The Morgan fingerprint density at radius 1 is 1.09 bits per heavy atom. The predicted molar refractivity (Wildman–Crippen MR) is 86.6 cm³/mol. The quantitative estimate of drug-likeness (QED) is 0.618. The first-order chi connectivity index (χ1) is 11.2. The molecule has 2 aromatic carbocycles. The van der Waals surface area contributed by atoms with E-state index in [0.29, 0.717) is 16.4 Å². The van der Waals surface area contributed by atoms with E-state index in [1.807, 2.05) is 30.3 Å². The van der Waals surface area contributed by atoms with E-state index < -0.39 is 0 Å². The topological polar surface area (TPSA) is 64.1 Å². The van der Waals surface area contributed by atoms with Crippen LogP contribution in [0.15, 0.2) is 65.6 Å². The Morgan fingerprint density at radius 2 is 1.91 bits per heavy atom. The largest absolute Gasteiger partial charge is 0.508 e. The molecule has 0 radical (unpaired) electrons. The van der Waals surface area contributed by atoms with Gasteiger partial charge in [0.1, 0.15) is 35.8 Å². The fourth-order valence-corrected chi connectivity index (χ4v) is 2.76. The van der Waals surface area contributed by atoms with Crippen molar-refractivity contribution in [1.29, 1.82) is 0 Å². The van der Waals surface area contributed by atoms with Crippen molar-refractivity contribution in [1.82, 2.24) is 14.8 Å². The molecule has 0 saturated heterocycles. The smallest absolute Gasteiger partial charge is 0.137 e. The van der Waals surface area contributed by atoms with E-state index in [2.05, 4.69) is 10.1 Å². The molecule has 4 rings (SSSR count). The highest BCUT2D eigenvalue weighted by molar-refractivity contribution is 6.30. The summed E-state index contributed by atoms with van der Waals surface area (Å²) >= 11 is 5.98. The van der Waals surface area contributed by atoms with Crippen LogP contribution in [0.5, 0.6) is 5.75 Å². The van der Waals surface area contributed by atoms with Crippen molar-refractivity contribution < 1.29 is 9.52 Å². The highest BCUT2D eigenvalue weighted by Gasteiger charge is 2.21. The fourth-order valence-electron chi connectivity index (χ4n) is 2.63. The molecule has 0 bridgehead atoms.